The maximum atomic E-state index is 11.1. The molecular weight excluding hydrogens is 188 g/mol. The first kappa shape index (κ1) is 12.0. The molecule has 1 amide bonds. The molecule has 0 aromatic rings. The predicted molar refractivity (Wildman–Crippen MR) is 59.0 cm³/mol. The Morgan fingerprint density at radius 3 is 2.67 bits per heavy atom. The lowest BCUT2D eigenvalue weighted by molar-refractivity contribution is -0.120. The van der Waals surface area contributed by atoms with Crippen molar-refractivity contribution in [2.45, 2.75) is 52.5 Å². The molecule has 1 N–H and O–H groups in total. The van der Waals surface area contributed by atoms with Crippen LogP contribution < -0.4 is 5.32 Å². The van der Waals surface area contributed by atoms with E-state index in [-0.39, 0.29) is 16.9 Å². The third-order valence-corrected chi connectivity index (χ3v) is 3.53. The van der Waals surface area contributed by atoms with Crippen LogP contribution >= 0.6 is 0 Å². The van der Waals surface area contributed by atoms with Gasteiger partial charge in [0.25, 0.3) is 0 Å². The van der Waals surface area contributed by atoms with Crippen LogP contribution in [0.25, 0.3) is 0 Å². The molecule has 0 aromatic carbocycles. The molecule has 1 fully saturated rings. The third-order valence-electron chi connectivity index (χ3n) is 3.53. The molecule has 1 rings (SSSR count). The minimum atomic E-state index is -0.282. The van der Waals surface area contributed by atoms with Crippen LogP contribution in [0.3, 0.4) is 0 Å². The van der Waals surface area contributed by atoms with Crippen LogP contribution in [0.1, 0.15) is 47.0 Å². The monoisotopic (exact) mass is 208 g/mol. The topological polar surface area (TPSA) is 52.9 Å². The van der Waals surface area contributed by atoms with Crippen LogP contribution in [0.2, 0.25) is 0 Å². The fourth-order valence-electron chi connectivity index (χ4n) is 2.49. The highest BCUT2D eigenvalue weighted by atomic mass is 16.1. The average molecular weight is 208 g/mol. The average Bonchev–Trinajstić information content (AvgIpc) is 2.47. The number of nitrogens with zero attached hydrogens (tertiary/aromatic N) is 1. The molecule has 15 heavy (non-hydrogen) atoms. The Morgan fingerprint density at radius 1 is 1.60 bits per heavy atom. The summed E-state index contributed by atoms with van der Waals surface area (Å²) in [6.45, 7) is 7.59. The Kier molecular flexibility index (Phi) is 3.08. The van der Waals surface area contributed by atoms with Gasteiger partial charge in [-0.2, -0.15) is 5.26 Å². The highest BCUT2D eigenvalue weighted by Gasteiger charge is 2.42. The van der Waals surface area contributed by atoms with Crippen molar-refractivity contribution in [1.29, 1.82) is 5.26 Å². The van der Waals surface area contributed by atoms with Gasteiger partial charge < -0.3 is 5.32 Å². The van der Waals surface area contributed by atoms with Crippen molar-refractivity contribution < 1.29 is 4.79 Å². The van der Waals surface area contributed by atoms with Gasteiger partial charge in [0.1, 0.15) is 0 Å². The van der Waals surface area contributed by atoms with Crippen LogP contribution in [-0.2, 0) is 4.79 Å². The molecule has 1 saturated carbocycles. The quantitative estimate of drug-likeness (QED) is 0.756. The Labute approximate surface area is 91.9 Å². The van der Waals surface area contributed by atoms with Gasteiger partial charge in [-0.3, -0.25) is 4.79 Å². The number of amides is 1. The number of carbonyl (C=O) groups is 1. The van der Waals surface area contributed by atoms with Gasteiger partial charge in [0.15, 0.2) is 0 Å². The molecule has 3 heteroatoms. The number of hydrogen-bond donors (Lipinski definition) is 1. The second-order valence-electron chi connectivity index (χ2n) is 5.52. The van der Waals surface area contributed by atoms with Gasteiger partial charge in [-0.25, -0.2) is 0 Å². The zero-order valence-corrected chi connectivity index (χ0v) is 10.1. The molecule has 1 aliphatic rings. The molecule has 3 nitrogen and oxygen atoms in total. The van der Waals surface area contributed by atoms with Crippen molar-refractivity contribution in [2.75, 3.05) is 0 Å². The van der Waals surface area contributed by atoms with E-state index in [0.717, 1.165) is 19.3 Å². The second-order valence-corrected chi connectivity index (χ2v) is 5.52. The molecule has 84 valence electrons. The summed E-state index contributed by atoms with van der Waals surface area (Å²) in [5.74, 6) is 0.410. The first-order valence-corrected chi connectivity index (χ1v) is 5.49. The lowest BCUT2D eigenvalue weighted by atomic mass is 9.78. The lowest BCUT2D eigenvalue weighted by Gasteiger charge is -2.28. The first-order chi connectivity index (χ1) is 6.79. The third kappa shape index (κ3) is 2.71. The van der Waals surface area contributed by atoms with Crippen LogP contribution in [0, 0.1) is 22.7 Å². The van der Waals surface area contributed by atoms with E-state index < -0.39 is 0 Å². The molecule has 0 saturated heterocycles. The maximum absolute atomic E-state index is 11.1. The molecule has 1 aliphatic carbocycles. The van der Waals surface area contributed by atoms with Gasteiger partial charge in [0, 0.05) is 12.5 Å². The molecule has 0 unspecified atom stereocenters. The number of nitrogens with one attached hydrogen (secondary N) is 1. The van der Waals surface area contributed by atoms with Crippen LogP contribution in [0.15, 0.2) is 0 Å². The summed E-state index contributed by atoms with van der Waals surface area (Å²) in [5, 5.41) is 12.1. The van der Waals surface area contributed by atoms with Crippen molar-refractivity contribution in [3.63, 3.8) is 0 Å². The van der Waals surface area contributed by atoms with Gasteiger partial charge in [0.2, 0.25) is 5.91 Å². The fraction of sp³-hybridized carbons (Fsp3) is 0.833. The van der Waals surface area contributed by atoms with Crippen molar-refractivity contribution in [3.05, 3.63) is 0 Å². The Hall–Kier alpha value is -1.04. The van der Waals surface area contributed by atoms with Crippen LogP contribution in [0.5, 0.6) is 0 Å². The SMILES string of the molecule is CC(=O)N[C@@]1(C)CC[C@@H](C(C)(C)C#N)C1. The number of carbonyl (C=O) groups excluding carboxylic acids is 1. The summed E-state index contributed by atoms with van der Waals surface area (Å²) in [6, 6.07) is 2.36. The zero-order chi connectivity index (χ0) is 11.7. The minimum absolute atomic E-state index is 0.0212. The largest absolute Gasteiger partial charge is 0.351 e. The predicted octanol–water partition coefficient (Wildman–Crippen LogP) is 2.23. The van der Waals surface area contributed by atoms with Gasteiger partial charge in [-0.05, 0) is 46.0 Å². The summed E-state index contributed by atoms with van der Waals surface area (Å²) in [5.41, 5.74) is -0.388. The molecule has 2 atom stereocenters. The Bertz CT molecular complexity index is 303. The maximum Gasteiger partial charge on any atom is 0.217 e. The van der Waals surface area contributed by atoms with Gasteiger partial charge in [-0.15, -0.1) is 0 Å². The van der Waals surface area contributed by atoms with Crippen molar-refractivity contribution >= 4 is 5.91 Å². The summed E-state index contributed by atoms with van der Waals surface area (Å²) in [6.07, 6.45) is 2.91. The van der Waals surface area contributed by atoms with Crippen molar-refractivity contribution in [2.24, 2.45) is 11.3 Å². The minimum Gasteiger partial charge on any atom is -0.351 e. The van der Waals surface area contributed by atoms with E-state index in [4.69, 9.17) is 5.26 Å². The van der Waals surface area contributed by atoms with E-state index in [1.54, 1.807) is 6.92 Å². The van der Waals surface area contributed by atoms with Crippen LogP contribution in [0.4, 0.5) is 0 Å². The van der Waals surface area contributed by atoms with E-state index in [9.17, 15) is 4.79 Å². The van der Waals surface area contributed by atoms with Crippen molar-refractivity contribution in [1.82, 2.24) is 5.32 Å². The summed E-state index contributed by atoms with van der Waals surface area (Å²) < 4.78 is 0. The van der Waals surface area contributed by atoms with E-state index >= 15 is 0 Å². The summed E-state index contributed by atoms with van der Waals surface area (Å²) in [4.78, 5) is 11.1. The number of hydrogen-bond acceptors (Lipinski definition) is 2. The highest BCUT2D eigenvalue weighted by molar-refractivity contribution is 5.73. The molecule has 0 spiro atoms. The van der Waals surface area contributed by atoms with E-state index in [0.29, 0.717) is 5.92 Å². The number of nitriles is 1. The molecule has 0 bridgehead atoms. The molecular formula is C12H20N2O. The Morgan fingerprint density at radius 2 is 2.20 bits per heavy atom. The second kappa shape index (κ2) is 3.84. The normalized spacial score (nSPS) is 31.0. The highest BCUT2D eigenvalue weighted by Crippen LogP contribution is 2.43. The van der Waals surface area contributed by atoms with E-state index in [2.05, 4.69) is 18.3 Å². The van der Waals surface area contributed by atoms with Gasteiger partial charge in [0.05, 0.1) is 11.5 Å². The number of rotatable bonds is 2. The summed E-state index contributed by atoms with van der Waals surface area (Å²) >= 11 is 0. The van der Waals surface area contributed by atoms with Crippen LogP contribution in [-0.4, -0.2) is 11.4 Å². The smallest absolute Gasteiger partial charge is 0.217 e. The first-order valence-electron chi connectivity index (χ1n) is 5.49. The summed E-state index contributed by atoms with van der Waals surface area (Å²) in [7, 11) is 0. The zero-order valence-electron chi connectivity index (χ0n) is 10.1. The molecule has 0 aliphatic heterocycles. The van der Waals surface area contributed by atoms with Gasteiger partial charge >= 0.3 is 0 Å². The Balaban J connectivity index is 2.67. The van der Waals surface area contributed by atoms with Gasteiger partial charge in [-0.1, -0.05) is 0 Å². The van der Waals surface area contributed by atoms with E-state index in [1.807, 2.05) is 13.8 Å². The van der Waals surface area contributed by atoms with E-state index in [1.165, 1.54) is 0 Å². The van der Waals surface area contributed by atoms with Crippen molar-refractivity contribution in [3.8, 4) is 6.07 Å². The molecule has 0 radical (unpaired) electrons. The standard InChI is InChI=1S/C12H20N2O/c1-9(15)14-12(4)6-5-10(7-12)11(2,3)8-13/h10H,5-7H2,1-4H3,(H,14,15)/t10-,12+/m1/s1. The molecule has 0 aromatic heterocycles. The fourth-order valence-corrected chi connectivity index (χ4v) is 2.49. The molecule has 0 heterocycles. The lowest BCUT2D eigenvalue weighted by Crippen LogP contribution is -2.43.